The molecule has 20 heavy (non-hydrogen) atoms. The van der Waals surface area contributed by atoms with Gasteiger partial charge in [-0.15, -0.1) is 0 Å². The van der Waals surface area contributed by atoms with Gasteiger partial charge in [0.2, 0.25) is 5.91 Å². The Kier molecular flexibility index (Phi) is 5.62. The van der Waals surface area contributed by atoms with E-state index in [4.69, 9.17) is 11.0 Å². The summed E-state index contributed by atoms with van der Waals surface area (Å²) in [4.78, 5) is 21.7. The normalized spacial score (nSPS) is 11.4. The molecule has 1 amide bonds. The maximum atomic E-state index is 11.7. The SMILES string of the molecule is CC(CN)CCC(=O)Nc1ccc([N+](=O)[O-])cc1C#N. The topological polar surface area (TPSA) is 122 Å². The fraction of sp³-hybridized carbons (Fsp3) is 0.385. The van der Waals surface area contributed by atoms with E-state index in [0.29, 0.717) is 19.4 Å². The number of hydrogen-bond acceptors (Lipinski definition) is 5. The van der Waals surface area contributed by atoms with Gasteiger partial charge in [0.15, 0.2) is 0 Å². The monoisotopic (exact) mass is 276 g/mol. The van der Waals surface area contributed by atoms with Gasteiger partial charge in [0.1, 0.15) is 6.07 Å². The van der Waals surface area contributed by atoms with Crippen LogP contribution in [0.25, 0.3) is 0 Å². The smallest absolute Gasteiger partial charge is 0.270 e. The molecular weight excluding hydrogens is 260 g/mol. The predicted octanol–water partition coefficient (Wildman–Crippen LogP) is 1.78. The number of carbonyl (C=O) groups excluding carboxylic acids is 1. The van der Waals surface area contributed by atoms with Gasteiger partial charge in [0, 0.05) is 18.6 Å². The maximum Gasteiger partial charge on any atom is 0.270 e. The van der Waals surface area contributed by atoms with Crippen LogP contribution >= 0.6 is 0 Å². The second-order valence-electron chi connectivity index (χ2n) is 4.53. The van der Waals surface area contributed by atoms with Crippen molar-refractivity contribution in [3.05, 3.63) is 33.9 Å². The summed E-state index contributed by atoms with van der Waals surface area (Å²) in [5.41, 5.74) is 5.63. The van der Waals surface area contributed by atoms with Crippen molar-refractivity contribution >= 4 is 17.3 Å². The molecule has 0 aliphatic carbocycles. The minimum atomic E-state index is -0.588. The average molecular weight is 276 g/mol. The molecule has 3 N–H and O–H groups in total. The molecule has 106 valence electrons. The van der Waals surface area contributed by atoms with Crippen molar-refractivity contribution in [2.75, 3.05) is 11.9 Å². The molecule has 0 saturated heterocycles. The van der Waals surface area contributed by atoms with E-state index in [-0.39, 0.29) is 28.8 Å². The van der Waals surface area contributed by atoms with Gasteiger partial charge in [-0.05, 0) is 24.9 Å². The van der Waals surface area contributed by atoms with Gasteiger partial charge < -0.3 is 11.1 Å². The first kappa shape index (κ1) is 15.6. The third kappa shape index (κ3) is 4.33. The summed E-state index contributed by atoms with van der Waals surface area (Å²) >= 11 is 0. The Morgan fingerprint density at radius 2 is 2.30 bits per heavy atom. The van der Waals surface area contributed by atoms with Crippen LogP contribution in [0.2, 0.25) is 0 Å². The molecule has 0 bridgehead atoms. The largest absolute Gasteiger partial charge is 0.330 e. The van der Waals surface area contributed by atoms with Crippen LogP contribution in [-0.2, 0) is 4.79 Å². The Bertz CT molecular complexity index is 551. The highest BCUT2D eigenvalue weighted by Gasteiger charge is 2.13. The molecule has 0 spiro atoms. The summed E-state index contributed by atoms with van der Waals surface area (Å²) in [5, 5.41) is 22.1. The van der Waals surface area contributed by atoms with Crippen molar-refractivity contribution in [2.24, 2.45) is 11.7 Å². The quantitative estimate of drug-likeness (QED) is 0.605. The summed E-state index contributed by atoms with van der Waals surface area (Å²) in [5.74, 6) is 0.00343. The molecule has 0 aromatic heterocycles. The molecular formula is C13H16N4O3. The number of nitriles is 1. The van der Waals surface area contributed by atoms with E-state index in [1.54, 1.807) is 0 Å². The zero-order chi connectivity index (χ0) is 15.1. The number of anilines is 1. The summed E-state index contributed by atoms with van der Waals surface area (Å²) in [6, 6.07) is 5.58. The minimum absolute atomic E-state index is 0.0689. The highest BCUT2D eigenvalue weighted by Crippen LogP contribution is 2.21. The molecule has 0 aliphatic heterocycles. The predicted molar refractivity (Wildman–Crippen MR) is 73.9 cm³/mol. The molecule has 1 unspecified atom stereocenters. The van der Waals surface area contributed by atoms with Gasteiger partial charge in [0.05, 0.1) is 16.2 Å². The lowest BCUT2D eigenvalue weighted by Crippen LogP contribution is -2.16. The third-order valence-electron chi connectivity index (χ3n) is 2.88. The second kappa shape index (κ2) is 7.21. The van der Waals surface area contributed by atoms with Gasteiger partial charge in [-0.3, -0.25) is 14.9 Å². The van der Waals surface area contributed by atoms with Crippen LogP contribution in [0, 0.1) is 27.4 Å². The fourth-order valence-corrected chi connectivity index (χ4v) is 1.56. The van der Waals surface area contributed by atoms with Crippen molar-refractivity contribution in [2.45, 2.75) is 19.8 Å². The van der Waals surface area contributed by atoms with E-state index in [0.717, 1.165) is 6.07 Å². The average Bonchev–Trinajstić information content (AvgIpc) is 2.44. The zero-order valence-electron chi connectivity index (χ0n) is 11.1. The first-order valence-electron chi connectivity index (χ1n) is 6.16. The van der Waals surface area contributed by atoms with Crippen LogP contribution in [0.15, 0.2) is 18.2 Å². The number of benzene rings is 1. The number of nitro benzene ring substituents is 1. The van der Waals surface area contributed by atoms with Crippen LogP contribution in [-0.4, -0.2) is 17.4 Å². The molecule has 0 saturated carbocycles. The Balaban J connectivity index is 2.75. The fourth-order valence-electron chi connectivity index (χ4n) is 1.56. The van der Waals surface area contributed by atoms with Gasteiger partial charge in [-0.2, -0.15) is 5.26 Å². The number of nitrogens with two attached hydrogens (primary N) is 1. The summed E-state index contributed by atoms with van der Waals surface area (Å²) in [7, 11) is 0. The van der Waals surface area contributed by atoms with E-state index < -0.39 is 4.92 Å². The number of nitrogens with zero attached hydrogens (tertiary/aromatic N) is 2. The third-order valence-corrected chi connectivity index (χ3v) is 2.88. The Morgan fingerprint density at radius 1 is 1.60 bits per heavy atom. The number of hydrogen-bond donors (Lipinski definition) is 2. The molecule has 1 rings (SSSR count). The lowest BCUT2D eigenvalue weighted by atomic mass is 10.1. The number of carbonyl (C=O) groups is 1. The Hall–Kier alpha value is -2.46. The number of nitrogens with one attached hydrogen (secondary N) is 1. The van der Waals surface area contributed by atoms with Gasteiger partial charge in [-0.25, -0.2) is 0 Å². The number of rotatable bonds is 6. The Labute approximate surface area is 116 Å². The molecule has 0 aliphatic rings. The van der Waals surface area contributed by atoms with Crippen LogP contribution in [0.1, 0.15) is 25.3 Å². The van der Waals surface area contributed by atoms with Gasteiger partial charge in [0.25, 0.3) is 5.69 Å². The van der Waals surface area contributed by atoms with Gasteiger partial charge in [-0.1, -0.05) is 6.92 Å². The van der Waals surface area contributed by atoms with E-state index in [9.17, 15) is 14.9 Å². The van der Waals surface area contributed by atoms with Crippen LogP contribution in [0.4, 0.5) is 11.4 Å². The van der Waals surface area contributed by atoms with Crippen molar-refractivity contribution < 1.29 is 9.72 Å². The number of nitro groups is 1. The van der Waals surface area contributed by atoms with Crippen molar-refractivity contribution in [1.82, 2.24) is 0 Å². The number of amides is 1. The maximum absolute atomic E-state index is 11.7. The van der Waals surface area contributed by atoms with Crippen molar-refractivity contribution in [1.29, 1.82) is 5.26 Å². The van der Waals surface area contributed by atoms with E-state index in [2.05, 4.69) is 5.32 Å². The van der Waals surface area contributed by atoms with Crippen molar-refractivity contribution in [3.63, 3.8) is 0 Å². The zero-order valence-corrected chi connectivity index (χ0v) is 11.1. The molecule has 0 radical (unpaired) electrons. The highest BCUT2D eigenvalue weighted by atomic mass is 16.6. The van der Waals surface area contributed by atoms with Crippen LogP contribution < -0.4 is 11.1 Å². The lowest BCUT2D eigenvalue weighted by molar-refractivity contribution is -0.384. The molecule has 0 heterocycles. The van der Waals surface area contributed by atoms with Gasteiger partial charge >= 0.3 is 0 Å². The van der Waals surface area contributed by atoms with Crippen molar-refractivity contribution in [3.8, 4) is 6.07 Å². The van der Waals surface area contributed by atoms with E-state index in [1.807, 2.05) is 13.0 Å². The minimum Gasteiger partial charge on any atom is -0.330 e. The highest BCUT2D eigenvalue weighted by molar-refractivity contribution is 5.92. The molecule has 1 aromatic carbocycles. The molecule has 7 nitrogen and oxygen atoms in total. The first-order valence-corrected chi connectivity index (χ1v) is 6.16. The summed E-state index contributed by atoms with van der Waals surface area (Å²) in [6.07, 6.45) is 0.942. The summed E-state index contributed by atoms with van der Waals surface area (Å²) in [6.45, 7) is 2.45. The van der Waals surface area contributed by atoms with Crippen LogP contribution in [0.3, 0.4) is 0 Å². The molecule has 1 aromatic rings. The number of non-ortho nitro benzene ring substituents is 1. The first-order chi connectivity index (χ1) is 9.47. The van der Waals surface area contributed by atoms with E-state index in [1.165, 1.54) is 12.1 Å². The molecule has 1 atom stereocenters. The van der Waals surface area contributed by atoms with E-state index >= 15 is 0 Å². The standard InChI is InChI=1S/C13H16N4O3/c1-9(7-14)2-5-13(18)16-12-4-3-11(17(19)20)6-10(12)8-15/h3-4,6,9H,2,5,7,14H2,1H3,(H,16,18). The van der Waals surface area contributed by atoms with Crippen LogP contribution in [0.5, 0.6) is 0 Å². The molecule has 0 fully saturated rings. The summed E-state index contributed by atoms with van der Waals surface area (Å²) < 4.78 is 0. The molecule has 7 heteroatoms. The lowest BCUT2D eigenvalue weighted by Gasteiger charge is -2.09. The Morgan fingerprint density at radius 3 is 2.85 bits per heavy atom. The second-order valence-corrected chi connectivity index (χ2v) is 4.53.